The number of nitrogens with one attached hydrogen (secondary N) is 2. The molecule has 2 atom stereocenters. The van der Waals surface area contributed by atoms with Gasteiger partial charge in [0.2, 0.25) is 0 Å². The van der Waals surface area contributed by atoms with E-state index in [2.05, 4.69) is 10.6 Å². The van der Waals surface area contributed by atoms with Gasteiger partial charge < -0.3 is 16.4 Å². The molecule has 1 aliphatic carbocycles. The van der Waals surface area contributed by atoms with Crippen molar-refractivity contribution in [2.75, 3.05) is 5.32 Å². The van der Waals surface area contributed by atoms with Crippen LogP contribution < -0.4 is 16.4 Å². The first-order valence-corrected chi connectivity index (χ1v) is 6.24. The summed E-state index contributed by atoms with van der Waals surface area (Å²) in [6, 6.07) is 5.65. The fourth-order valence-corrected chi connectivity index (χ4v) is 2.23. The molecular weight excluding hydrogens is 233 g/mol. The minimum Gasteiger partial charge on any atom is -0.334 e. The average Bonchev–Trinajstić information content (AvgIpc) is 2.35. The summed E-state index contributed by atoms with van der Waals surface area (Å²) >= 11 is 0. The molecule has 4 nitrogen and oxygen atoms in total. The second-order valence-corrected chi connectivity index (χ2v) is 4.63. The van der Waals surface area contributed by atoms with E-state index in [-0.39, 0.29) is 17.8 Å². The van der Waals surface area contributed by atoms with E-state index in [0.29, 0.717) is 0 Å². The van der Waals surface area contributed by atoms with Gasteiger partial charge in [-0.1, -0.05) is 25.0 Å². The number of rotatable bonds is 2. The van der Waals surface area contributed by atoms with Crippen molar-refractivity contribution in [3.8, 4) is 0 Å². The molecule has 5 heteroatoms. The fourth-order valence-electron chi connectivity index (χ4n) is 2.23. The molecule has 0 heterocycles. The predicted octanol–water partition coefficient (Wildman–Crippen LogP) is 2.22. The van der Waals surface area contributed by atoms with E-state index in [1.807, 2.05) is 0 Å². The molecule has 0 saturated heterocycles. The molecule has 1 fully saturated rings. The van der Waals surface area contributed by atoms with E-state index in [1.54, 1.807) is 12.1 Å². The highest BCUT2D eigenvalue weighted by atomic mass is 19.1. The van der Waals surface area contributed by atoms with E-state index in [1.165, 1.54) is 12.1 Å². The van der Waals surface area contributed by atoms with Crippen LogP contribution in [0.4, 0.5) is 14.9 Å². The summed E-state index contributed by atoms with van der Waals surface area (Å²) in [6.45, 7) is 0. The van der Waals surface area contributed by atoms with Gasteiger partial charge in [0.15, 0.2) is 0 Å². The zero-order chi connectivity index (χ0) is 13.0. The van der Waals surface area contributed by atoms with Crippen LogP contribution in [0.1, 0.15) is 25.7 Å². The Labute approximate surface area is 106 Å². The van der Waals surface area contributed by atoms with Crippen LogP contribution >= 0.6 is 0 Å². The Morgan fingerprint density at radius 2 is 2.00 bits per heavy atom. The van der Waals surface area contributed by atoms with Crippen molar-refractivity contribution < 1.29 is 9.18 Å². The third kappa shape index (κ3) is 3.20. The van der Waals surface area contributed by atoms with E-state index < -0.39 is 11.8 Å². The van der Waals surface area contributed by atoms with Gasteiger partial charge in [0.05, 0.1) is 5.69 Å². The Morgan fingerprint density at radius 3 is 2.72 bits per heavy atom. The number of nitrogens with two attached hydrogens (primary N) is 1. The Hall–Kier alpha value is -1.62. The van der Waals surface area contributed by atoms with Gasteiger partial charge in [-0.15, -0.1) is 0 Å². The summed E-state index contributed by atoms with van der Waals surface area (Å²) in [5.74, 6) is -0.444. The van der Waals surface area contributed by atoms with Gasteiger partial charge >= 0.3 is 6.03 Å². The van der Waals surface area contributed by atoms with Crippen LogP contribution in [-0.2, 0) is 0 Å². The van der Waals surface area contributed by atoms with Gasteiger partial charge in [-0.25, -0.2) is 9.18 Å². The Balaban J connectivity index is 1.90. The third-order valence-corrected chi connectivity index (χ3v) is 3.26. The molecule has 2 amide bonds. The summed E-state index contributed by atoms with van der Waals surface area (Å²) in [5, 5.41) is 5.30. The monoisotopic (exact) mass is 251 g/mol. The van der Waals surface area contributed by atoms with Crippen molar-refractivity contribution in [1.82, 2.24) is 5.32 Å². The Bertz CT molecular complexity index is 424. The number of carbonyl (C=O) groups is 1. The van der Waals surface area contributed by atoms with E-state index in [9.17, 15) is 9.18 Å². The van der Waals surface area contributed by atoms with Crippen molar-refractivity contribution in [1.29, 1.82) is 0 Å². The normalized spacial score (nSPS) is 23.4. The molecule has 0 bridgehead atoms. The number of amides is 2. The highest BCUT2D eigenvalue weighted by Gasteiger charge is 2.23. The van der Waals surface area contributed by atoms with Gasteiger partial charge in [0.1, 0.15) is 5.82 Å². The third-order valence-electron chi connectivity index (χ3n) is 3.26. The lowest BCUT2D eigenvalue weighted by molar-refractivity contribution is 0.240. The molecular formula is C13H18FN3O. The lowest BCUT2D eigenvalue weighted by Gasteiger charge is -2.29. The molecule has 1 aromatic carbocycles. The van der Waals surface area contributed by atoms with Gasteiger partial charge in [0, 0.05) is 12.1 Å². The molecule has 1 saturated carbocycles. The number of hydrogen-bond acceptors (Lipinski definition) is 2. The van der Waals surface area contributed by atoms with Crippen molar-refractivity contribution in [2.45, 2.75) is 37.8 Å². The Morgan fingerprint density at radius 1 is 1.28 bits per heavy atom. The maximum absolute atomic E-state index is 13.3. The highest BCUT2D eigenvalue weighted by molar-refractivity contribution is 5.89. The van der Waals surface area contributed by atoms with Crippen LogP contribution in [0, 0.1) is 5.82 Å². The largest absolute Gasteiger partial charge is 0.334 e. The van der Waals surface area contributed by atoms with Crippen LogP contribution in [0.2, 0.25) is 0 Å². The number of urea groups is 1. The lowest BCUT2D eigenvalue weighted by Crippen LogP contribution is -2.50. The highest BCUT2D eigenvalue weighted by Crippen LogP contribution is 2.17. The number of halogens is 1. The summed E-state index contributed by atoms with van der Waals surface area (Å²) in [5.41, 5.74) is 6.11. The number of hydrogen-bond donors (Lipinski definition) is 3. The zero-order valence-corrected chi connectivity index (χ0v) is 10.2. The van der Waals surface area contributed by atoms with Crippen LogP contribution in [0.25, 0.3) is 0 Å². The second-order valence-electron chi connectivity index (χ2n) is 4.63. The SMILES string of the molecule is NC1CCCCC1NC(=O)Nc1ccccc1F. The van der Waals surface area contributed by atoms with Crippen molar-refractivity contribution in [3.05, 3.63) is 30.1 Å². The molecule has 0 aromatic heterocycles. The fraction of sp³-hybridized carbons (Fsp3) is 0.462. The van der Waals surface area contributed by atoms with Crippen LogP contribution in [0.3, 0.4) is 0 Å². The van der Waals surface area contributed by atoms with Crippen LogP contribution in [0.5, 0.6) is 0 Å². The number of carbonyl (C=O) groups excluding carboxylic acids is 1. The predicted molar refractivity (Wildman–Crippen MR) is 68.8 cm³/mol. The van der Waals surface area contributed by atoms with Gasteiger partial charge in [-0.05, 0) is 25.0 Å². The van der Waals surface area contributed by atoms with Crippen LogP contribution in [0.15, 0.2) is 24.3 Å². The summed E-state index contributed by atoms with van der Waals surface area (Å²) in [4.78, 5) is 11.7. The first-order chi connectivity index (χ1) is 8.66. The van der Waals surface area contributed by atoms with Gasteiger partial charge in [0.25, 0.3) is 0 Å². The maximum atomic E-state index is 13.3. The van der Waals surface area contributed by atoms with Gasteiger partial charge in [-0.2, -0.15) is 0 Å². The molecule has 98 valence electrons. The average molecular weight is 251 g/mol. The molecule has 4 N–H and O–H groups in total. The van der Waals surface area contributed by atoms with E-state index in [0.717, 1.165) is 25.7 Å². The van der Waals surface area contributed by atoms with Crippen LogP contribution in [-0.4, -0.2) is 18.1 Å². The molecule has 2 unspecified atom stereocenters. The summed E-state index contributed by atoms with van der Waals surface area (Å²) in [6.07, 6.45) is 3.98. The second kappa shape index (κ2) is 5.82. The van der Waals surface area contributed by atoms with Crippen molar-refractivity contribution in [2.24, 2.45) is 5.73 Å². The standard InChI is InChI=1S/C13H18FN3O/c14-9-5-1-3-7-11(9)16-13(18)17-12-8-4-2-6-10(12)15/h1,3,5,7,10,12H,2,4,6,8,15H2,(H2,16,17,18). The number of benzene rings is 1. The summed E-state index contributed by atoms with van der Waals surface area (Å²) in [7, 11) is 0. The summed E-state index contributed by atoms with van der Waals surface area (Å²) < 4.78 is 13.3. The van der Waals surface area contributed by atoms with Gasteiger partial charge in [-0.3, -0.25) is 0 Å². The van der Waals surface area contributed by atoms with Crippen molar-refractivity contribution >= 4 is 11.7 Å². The quantitative estimate of drug-likeness (QED) is 0.754. The number of para-hydroxylation sites is 1. The molecule has 0 radical (unpaired) electrons. The smallest absolute Gasteiger partial charge is 0.319 e. The molecule has 2 rings (SSSR count). The first kappa shape index (κ1) is 12.8. The molecule has 18 heavy (non-hydrogen) atoms. The first-order valence-electron chi connectivity index (χ1n) is 6.24. The minimum atomic E-state index is -0.444. The Kier molecular flexibility index (Phi) is 4.15. The van der Waals surface area contributed by atoms with E-state index >= 15 is 0 Å². The molecule has 0 spiro atoms. The molecule has 1 aliphatic rings. The lowest BCUT2D eigenvalue weighted by atomic mass is 9.91. The zero-order valence-electron chi connectivity index (χ0n) is 10.2. The molecule has 1 aromatic rings. The topological polar surface area (TPSA) is 67.1 Å². The van der Waals surface area contributed by atoms with E-state index in [4.69, 9.17) is 5.73 Å². The van der Waals surface area contributed by atoms with Crippen molar-refractivity contribution in [3.63, 3.8) is 0 Å². The molecule has 0 aliphatic heterocycles. The number of anilines is 1. The minimum absolute atomic E-state index is 0.00915. The maximum Gasteiger partial charge on any atom is 0.319 e.